The third kappa shape index (κ3) is 4.23. The summed E-state index contributed by atoms with van der Waals surface area (Å²) in [5.74, 6) is -0.270. The summed E-state index contributed by atoms with van der Waals surface area (Å²) >= 11 is 2.98. The highest BCUT2D eigenvalue weighted by Gasteiger charge is 2.43. The monoisotopic (exact) mass is 342 g/mol. The maximum absolute atomic E-state index is 11.9. The normalized spacial score (nSPS) is 20.5. The van der Waals surface area contributed by atoms with Crippen LogP contribution >= 0.6 is 23.1 Å². The Bertz CT molecular complexity index is 539. The van der Waals surface area contributed by atoms with Crippen molar-refractivity contribution in [3.8, 4) is 0 Å². The van der Waals surface area contributed by atoms with Crippen LogP contribution in [0.25, 0.3) is 0 Å². The van der Waals surface area contributed by atoms with E-state index in [0.717, 1.165) is 5.75 Å². The molecule has 22 heavy (non-hydrogen) atoms. The van der Waals surface area contributed by atoms with Crippen molar-refractivity contribution >= 4 is 40.9 Å². The van der Waals surface area contributed by atoms with E-state index in [9.17, 15) is 19.5 Å². The summed E-state index contributed by atoms with van der Waals surface area (Å²) in [5.41, 5.74) is -0.510. The molecule has 1 aliphatic heterocycles. The van der Waals surface area contributed by atoms with Crippen LogP contribution in [0.5, 0.6) is 0 Å². The molecule has 0 spiro atoms. The van der Waals surface area contributed by atoms with Gasteiger partial charge >= 0.3 is 5.97 Å². The number of thiophene rings is 1. The van der Waals surface area contributed by atoms with Crippen molar-refractivity contribution in [3.05, 3.63) is 22.4 Å². The van der Waals surface area contributed by atoms with E-state index >= 15 is 0 Å². The van der Waals surface area contributed by atoms with Crippen LogP contribution in [0.4, 0.5) is 0 Å². The summed E-state index contributed by atoms with van der Waals surface area (Å²) in [6.07, 6.45) is 1.13. The largest absolute Gasteiger partial charge is 0.479 e. The van der Waals surface area contributed by atoms with E-state index in [-0.39, 0.29) is 18.2 Å². The lowest BCUT2D eigenvalue weighted by Crippen LogP contribution is -2.54. The van der Waals surface area contributed by atoms with Crippen LogP contribution in [-0.4, -0.2) is 46.5 Å². The molecule has 1 aromatic rings. The lowest BCUT2D eigenvalue weighted by atomic mass is 9.99. The Hall–Kier alpha value is -1.54. The molecule has 2 amide bonds. The molecule has 0 aliphatic carbocycles. The number of rotatable bonds is 7. The number of aliphatic carboxylic acids is 1. The van der Waals surface area contributed by atoms with E-state index in [1.165, 1.54) is 23.1 Å². The van der Waals surface area contributed by atoms with Crippen molar-refractivity contribution in [1.82, 2.24) is 10.6 Å². The first-order chi connectivity index (χ1) is 10.5. The Morgan fingerprint density at radius 2 is 2.18 bits per heavy atom. The predicted molar refractivity (Wildman–Crippen MR) is 86.3 cm³/mol. The Morgan fingerprint density at radius 3 is 2.77 bits per heavy atom. The number of carbonyl (C=O) groups is 3. The third-order valence-corrected chi connectivity index (χ3v) is 5.33. The molecule has 1 saturated heterocycles. The highest BCUT2D eigenvalue weighted by molar-refractivity contribution is 7.99. The lowest BCUT2D eigenvalue weighted by molar-refractivity contribution is -0.146. The number of nitrogens with one attached hydrogen (secondary N) is 2. The fourth-order valence-electron chi connectivity index (χ4n) is 2.16. The van der Waals surface area contributed by atoms with Gasteiger partial charge in [-0.1, -0.05) is 0 Å². The van der Waals surface area contributed by atoms with Crippen molar-refractivity contribution in [1.29, 1.82) is 0 Å². The van der Waals surface area contributed by atoms with E-state index in [4.69, 9.17) is 0 Å². The second kappa shape index (κ2) is 7.64. The number of carboxylic acids is 1. The number of carbonyl (C=O) groups excluding carboxylic acids is 2. The summed E-state index contributed by atoms with van der Waals surface area (Å²) in [4.78, 5) is 34.9. The van der Waals surface area contributed by atoms with Gasteiger partial charge in [-0.15, -0.1) is 0 Å². The quantitative estimate of drug-likeness (QED) is 0.650. The zero-order valence-corrected chi connectivity index (χ0v) is 13.6. The highest BCUT2D eigenvalue weighted by atomic mass is 32.2. The van der Waals surface area contributed by atoms with Crippen molar-refractivity contribution in [3.63, 3.8) is 0 Å². The number of thioether (sulfide) groups is 1. The molecule has 0 radical (unpaired) electrons. The maximum Gasteiger partial charge on any atom is 0.330 e. The SMILES string of the molecule is O=C(CCCNC(=O)c1ccsc1)NC1(C(=O)O)CCSC1. The van der Waals surface area contributed by atoms with Gasteiger partial charge in [-0.25, -0.2) is 4.79 Å². The van der Waals surface area contributed by atoms with Crippen LogP contribution in [0.1, 0.15) is 29.6 Å². The number of hydrogen-bond donors (Lipinski definition) is 3. The summed E-state index contributed by atoms with van der Waals surface area (Å²) in [7, 11) is 0. The minimum absolute atomic E-state index is 0.157. The van der Waals surface area contributed by atoms with E-state index in [2.05, 4.69) is 10.6 Å². The molecular formula is C14H18N2O4S2. The first-order valence-electron chi connectivity index (χ1n) is 6.96. The van der Waals surface area contributed by atoms with Gasteiger partial charge in [0.15, 0.2) is 0 Å². The summed E-state index contributed by atoms with van der Waals surface area (Å²) in [6, 6.07) is 1.74. The van der Waals surface area contributed by atoms with Crippen molar-refractivity contribution < 1.29 is 19.5 Å². The molecule has 6 nitrogen and oxygen atoms in total. The molecule has 1 unspecified atom stereocenters. The Kier molecular flexibility index (Phi) is 5.84. The maximum atomic E-state index is 11.9. The van der Waals surface area contributed by atoms with Crippen LogP contribution in [0.2, 0.25) is 0 Å². The number of hydrogen-bond acceptors (Lipinski definition) is 5. The van der Waals surface area contributed by atoms with E-state index in [1.54, 1.807) is 11.4 Å². The lowest BCUT2D eigenvalue weighted by Gasteiger charge is -2.24. The summed E-state index contributed by atoms with van der Waals surface area (Å²) in [6.45, 7) is 0.386. The number of carboxylic acid groups (broad SMARTS) is 1. The first-order valence-corrected chi connectivity index (χ1v) is 9.06. The predicted octanol–water partition coefficient (Wildman–Crippen LogP) is 1.33. The first kappa shape index (κ1) is 16.8. The second-order valence-electron chi connectivity index (χ2n) is 5.11. The van der Waals surface area contributed by atoms with Crippen LogP contribution in [0.3, 0.4) is 0 Å². The molecule has 1 fully saturated rings. The standard InChI is InChI=1S/C14H18N2O4S2/c17-11(16-14(13(19)20)4-7-22-9-14)2-1-5-15-12(18)10-3-6-21-8-10/h3,6,8H,1-2,4-5,7,9H2,(H,15,18)(H,16,17)(H,19,20). The van der Waals surface area contributed by atoms with Gasteiger partial charge in [0, 0.05) is 29.7 Å². The highest BCUT2D eigenvalue weighted by Crippen LogP contribution is 2.28. The van der Waals surface area contributed by atoms with Crippen molar-refractivity contribution in [2.45, 2.75) is 24.8 Å². The second-order valence-corrected chi connectivity index (χ2v) is 6.99. The zero-order chi connectivity index (χ0) is 16.0. The van der Waals surface area contributed by atoms with Gasteiger partial charge < -0.3 is 15.7 Å². The third-order valence-electron chi connectivity index (χ3n) is 3.46. The van der Waals surface area contributed by atoms with E-state index < -0.39 is 11.5 Å². The van der Waals surface area contributed by atoms with Crippen LogP contribution in [0, 0.1) is 0 Å². The van der Waals surface area contributed by atoms with Gasteiger partial charge in [-0.05, 0) is 30.0 Å². The van der Waals surface area contributed by atoms with Crippen molar-refractivity contribution in [2.24, 2.45) is 0 Å². The minimum atomic E-state index is -1.12. The molecule has 2 rings (SSSR count). The van der Waals surface area contributed by atoms with Gasteiger partial charge in [0.25, 0.3) is 5.91 Å². The zero-order valence-electron chi connectivity index (χ0n) is 12.0. The van der Waals surface area contributed by atoms with Gasteiger partial charge in [-0.2, -0.15) is 23.1 Å². The number of amides is 2. The fourth-order valence-corrected chi connectivity index (χ4v) is 4.12. The molecule has 0 bridgehead atoms. The van der Waals surface area contributed by atoms with Crippen molar-refractivity contribution in [2.75, 3.05) is 18.1 Å². The molecule has 8 heteroatoms. The van der Waals surface area contributed by atoms with Crippen LogP contribution < -0.4 is 10.6 Å². The molecule has 120 valence electrons. The molecule has 0 aromatic carbocycles. The molecule has 2 heterocycles. The molecule has 3 N–H and O–H groups in total. The smallest absolute Gasteiger partial charge is 0.330 e. The van der Waals surface area contributed by atoms with E-state index in [0.29, 0.717) is 30.7 Å². The molecule has 0 saturated carbocycles. The van der Waals surface area contributed by atoms with Gasteiger partial charge in [-0.3, -0.25) is 9.59 Å². The Labute approximate surface area is 136 Å². The van der Waals surface area contributed by atoms with Gasteiger partial charge in [0.1, 0.15) is 5.54 Å². The van der Waals surface area contributed by atoms with Gasteiger partial charge in [0.2, 0.25) is 5.91 Å². The summed E-state index contributed by atoms with van der Waals surface area (Å²) in [5, 5.41) is 18.2. The molecule has 1 atom stereocenters. The Morgan fingerprint density at radius 1 is 1.36 bits per heavy atom. The average molecular weight is 342 g/mol. The topological polar surface area (TPSA) is 95.5 Å². The Balaban J connectivity index is 1.69. The molecular weight excluding hydrogens is 324 g/mol. The molecule has 1 aliphatic rings. The minimum Gasteiger partial charge on any atom is -0.479 e. The van der Waals surface area contributed by atoms with Crippen LogP contribution in [0.15, 0.2) is 16.8 Å². The average Bonchev–Trinajstić information content (AvgIpc) is 3.15. The fraction of sp³-hybridized carbons (Fsp3) is 0.500. The van der Waals surface area contributed by atoms with Crippen LogP contribution in [-0.2, 0) is 9.59 Å². The van der Waals surface area contributed by atoms with E-state index in [1.807, 2.05) is 5.38 Å². The van der Waals surface area contributed by atoms with Gasteiger partial charge in [0.05, 0.1) is 0 Å². The molecule has 1 aromatic heterocycles. The summed E-state index contributed by atoms with van der Waals surface area (Å²) < 4.78 is 0.